The second-order valence-electron chi connectivity index (χ2n) is 4.18. The average Bonchev–Trinajstić information content (AvgIpc) is 2.87. The maximum absolute atomic E-state index is 12.0. The van der Waals surface area contributed by atoms with Gasteiger partial charge in [-0.15, -0.1) is 11.3 Å². The number of thiophene rings is 1. The molecule has 1 aromatic heterocycles. The summed E-state index contributed by atoms with van der Waals surface area (Å²) in [6, 6.07) is 7.73. The third-order valence-electron chi connectivity index (χ3n) is 2.59. The predicted molar refractivity (Wildman–Crippen MR) is 80.0 cm³/mol. The van der Waals surface area contributed by atoms with E-state index < -0.39 is 11.9 Å². The highest BCUT2D eigenvalue weighted by Gasteiger charge is 2.14. The molecule has 1 aromatic carbocycles. The number of benzene rings is 1. The lowest BCUT2D eigenvalue weighted by atomic mass is 10.2. The molecule has 0 aliphatic heterocycles. The van der Waals surface area contributed by atoms with Crippen LogP contribution in [0.3, 0.4) is 0 Å². The van der Waals surface area contributed by atoms with Gasteiger partial charge in [-0.1, -0.05) is 0 Å². The third kappa shape index (κ3) is 3.67. The fourth-order valence-electron chi connectivity index (χ4n) is 1.66. The van der Waals surface area contributed by atoms with Crippen molar-refractivity contribution < 1.29 is 19.5 Å². The molecule has 0 aliphatic carbocycles. The topological polar surface area (TPSA) is 95.5 Å². The number of amides is 2. The zero-order valence-corrected chi connectivity index (χ0v) is 11.9. The second kappa shape index (κ2) is 6.19. The highest BCUT2D eigenvalue weighted by atomic mass is 32.1. The zero-order valence-electron chi connectivity index (χ0n) is 11.0. The van der Waals surface area contributed by atoms with Crippen LogP contribution in [0.25, 0.3) is 0 Å². The molecule has 2 aromatic rings. The number of carbonyl (C=O) groups is 3. The summed E-state index contributed by atoms with van der Waals surface area (Å²) < 4.78 is 0. The summed E-state index contributed by atoms with van der Waals surface area (Å²) in [5.74, 6) is -1.70. The van der Waals surface area contributed by atoms with Crippen molar-refractivity contribution in [3.63, 3.8) is 0 Å². The normalized spacial score (nSPS) is 9.95. The minimum Gasteiger partial charge on any atom is -0.478 e. The Hall–Kier alpha value is -2.67. The first kappa shape index (κ1) is 14.7. The molecule has 0 unspecified atom stereocenters. The van der Waals surface area contributed by atoms with Crippen molar-refractivity contribution >= 4 is 39.8 Å². The lowest BCUT2D eigenvalue weighted by molar-refractivity contribution is -0.114. The molecule has 7 heteroatoms. The number of carboxylic acids is 1. The molecule has 0 aliphatic rings. The number of carbonyl (C=O) groups excluding carboxylic acids is 2. The average molecular weight is 304 g/mol. The number of aromatic carboxylic acids is 1. The van der Waals surface area contributed by atoms with Crippen molar-refractivity contribution in [2.24, 2.45) is 0 Å². The predicted octanol–water partition coefficient (Wildman–Crippen LogP) is 2.66. The van der Waals surface area contributed by atoms with E-state index in [4.69, 9.17) is 5.11 Å². The van der Waals surface area contributed by atoms with E-state index in [1.54, 1.807) is 29.6 Å². The largest absolute Gasteiger partial charge is 0.478 e. The van der Waals surface area contributed by atoms with Gasteiger partial charge >= 0.3 is 5.97 Å². The van der Waals surface area contributed by atoms with Gasteiger partial charge in [-0.05, 0) is 35.7 Å². The van der Waals surface area contributed by atoms with Gasteiger partial charge < -0.3 is 15.7 Å². The van der Waals surface area contributed by atoms with Crippen molar-refractivity contribution in [2.75, 3.05) is 10.6 Å². The number of carboxylic acid groups (broad SMARTS) is 1. The Kier molecular flexibility index (Phi) is 4.34. The highest BCUT2D eigenvalue weighted by molar-refractivity contribution is 7.14. The van der Waals surface area contributed by atoms with Gasteiger partial charge in [-0.3, -0.25) is 9.59 Å². The summed E-state index contributed by atoms with van der Waals surface area (Å²) in [7, 11) is 0. The van der Waals surface area contributed by atoms with Crippen molar-refractivity contribution in [3.8, 4) is 0 Å². The first-order chi connectivity index (χ1) is 9.97. The number of nitrogens with one attached hydrogen (secondary N) is 2. The monoisotopic (exact) mass is 304 g/mol. The first-order valence-electron chi connectivity index (χ1n) is 5.97. The number of hydrogen-bond acceptors (Lipinski definition) is 4. The molecule has 21 heavy (non-hydrogen) atoms. The molecule has 1 heterocycles. The molecule has 108 valence electrons. The molecule has 6 nitrogen and oxygen atoms in total. The molecular formula is C14H12N2O4S. The molecule has 2 amide bonds. The smallest absolute Gasteiger partial charge is 0.338 e. The van der Waals surface area contributed by atoms with E-state index in [9.17, 15) is 14.4 Å². The summed E-state index contributed by atoms with van der Waals surface area (Å²) in [6.45, 7) is 1.39. The molecule has 0 radical (unpaired) electrons. The highest BCUT2D eigenvalue weighted by Crippen LogP contribution is 2.24. The molecule has 0 atom stereocenters. The van der Waals surface area contributed by atoms with Crippen LogP contribution >= 0.6 is 11.3 Å². The van der Waals surface area contributed by atoms with Crippen molar-refractivity contribution in [1.29, 1.82) is 0 Å². The Balaban J connectivity index is 2.11. The van der Waals surface area contributed by atoms with Crippen LogP contribution in [-0.2, 0) is 4.79 Å². The van der Waals surface area contributed by atoms with E-state index in [1.165, 1.54) is 13.0 Å². The van der Waals surface area contributed by atoms with Gasteiger partial charge in [0.05, 0.1) is 5.56 Å². The van der Waals surface area contributed by atoms with E-state index in [0.717, 1.165) is 11.3 Å². The van der Waals surface area contributed by atoms with Gasteiger partial charge in [0.15, 0.2) is 0 Å². The lowest BCUT2D eigenvalue weighted by Gasteiger charge is -2.06. The molecule has 2 rings (SSSR count). The molecular weight excluding hydrogens is 292 g/mol. The van der Waals surface area contributed by atoms with E-state index in [-0.39, 0.29) is 11.5 Å². The fraction of sp³-hybridized carbons (Fsp3) is 0.0714. The first-order valence-corrected chi connectivity index (χ1v) is 6.85. The van der Waals surface area contributed by atoms with Crippen molar-refractivity contribution in [1.82, 2.24) is 0 Å². The van der Waals surface area contributed by atoms with Gasteiger partial charge in [0.2, 0.25) is 5.91 Å². The van der Waals surface area contributed by atoms with E-state index in [2.05, 4.69) is 10.6 Å². The number of hydrogen-bond donors (Lipinski definition) is 3. The summed E-state index contributed by atoms with van der Waals surface area (Å²) in [5, 5.41) is 16.0. The lowest BCUT2D eigenvalue weighted by Crippen LogP contribution is -2.13. The standard InChI is InChI=1S/C14H12N2O4S/c1-8(17)15-10-4-2-9(3-5-10)12(18)16-13-11(14(19)20)6-7-21-13/h2-7H,1H3,(H,15,17)(H,16,18)(H,19,20). The Labute approximate surface area is 124 Å². The summed E-state index contributed by atoms with van der Waals surface area (Å²) in [5.41, 5.74) is 1.01. The van der Waals surface area contributed by atoms with E-state index >= 15 is 0 Å². The van der Waals surface area contributed by atoms with Crippen molar-refractivity contribution in [2.45, 2.75) is 6.92 Å². The van der Waals surface area contributed by atoms with E-state index in [1.807, 2.05) is 0 Å². The maximum atomic E-state index is 12.0. The molecule has 0 fully saturated rings. The third-order valence-corrected chi connectivity index (χ3v) is 3.42. The Morgan fingerprint density at radius 1 is 1.05 bits per heavy atom. The quantitative estimate of drug-likeness (QED) is 0.809. The SMILES string of the molecule is CC(=O)Nc1ccc(C(=O)Nc2sccc2C(=O)O)cc1. The van der Waals surface area contributed by atoms with Crippen LogP contribution in [0.1, 0.15) is 27.6 Å². The van der Waals surface area contributed by atoms with Gasteiger partial charge in [-0.25, -0.2) is 4.79 Å². The Morgan fingerprint density at radius 3 is 2.29 bits per heavy atom. The van der Waals surface area contributed by atoms with Crippen LogP contribution in [0.4, 0.5) is 10.7 Å². The Bertz CT molecular complexity index is 691. The molecule has 0 spiro atoms. The summed E-state index contributed by atoms with van der Waals surface area (Å²) in [4.78, 5) is 33.9. The van der Waals surface area contributed by atoms with Crippen molar-refractivity contribution in [3.05, 3.63) is 46.8 Å². The minimum atomic E-state index is -1.09. The molecule has 0 bridgehead atoms. The molecule has 3 N–H and O–H groups in total. The number of anilines is 2. The fourth-order valence-corrected chi connectivity index (χ4v) is 2.43. The molecule has 0 saturated carbocycles. The van der Waals surface area contributed by atoms with Crippen LogP contribution in [0.15, 0.2) is 35.7 Å². The molecule has 0 saturated heterocycles. The van der Waals surface area contributed by atoms with Crippen LogP contribution in [-0.4, -0.2) is 22.9 Å². The number of rotatable bonds is 4. The van der Waals surface area contributed by atoms with Crippen LogP contribution in [0, 0.1) is 0 Å². The van der Waals surface area contributed by atoms with Gasteiger partial charge in [0, 0.05) is 18.2 Å². The second-order valence-corrected chi connectivity index (χ2v) is 5.10. The maximum Gasteiger partial charge on any atom is 0.338 e. The van der Waals surface area contributed by atoms with Crippen LogP contribution < -0.4 is 10.6 Å². The Morgan fingerprint density at radius 2 is 1.71 bits per heavy atom. The summed E-state index contributed by atoms with van der Waals surface area (Å²) in [6.07, 6.45) is 0. The minimum absolute atomic E-state index is 0.0585. The summed E-state index contributed by atoms with van der Waals surface area (Å²) >= 11 is 1.14. The van der Waals surface area contributed by atoms with Crippen LogP contribution in [0.2, 0.25) is 0 Å². The van der Waals surface area contributed by atoms with E-state index in [0.29, 0.717) is 16.3 Å². The van der Waals surface area contributed by atoms with Gasteiger partial charge in [0.25, 0.3) is 5.91 Å². The zero-order chi connectivity index (χ0) is 15.4. The van der Waals surface area contributed by atoms with Gasteiger partial charge in [0.1, 0.15) is 5.00 Å². The van der Waals surface area contributed by atoms with Gasteiger partial charge in [-0.2, -0.15) is 0 Å². The van der Waals surface area contributed by atoms with Crippen LogP contribution in [0.5, 0.6) is 0 Å².